The SMILES string of the molecule is CN(C)CC(CC(=O)O)NC(=O)CCCCCCCCOc1ccc(F)cc1F. The van der Waals surface area contributed by atoms with Crippen LogP contribution in [0, 0.1) is 11.6 Å². The lowest BCUT2D eigenvalue weighted by Crippen LogP contribution is -2.42. The van der Waals surface area contributed by atoms with Crippen LogP contribution in [0.4, 0.5) is 8.78 Å². The van der Waals surface area contributed by atoms with Crippen molar-refractivity contribution in [1.82, 2.24) is 10.2 Å². The molecule has 0 aliphatic heterocycles. The third kappa shape index (κ3) is 12.1. The number of likely N-dealkylation sites (N-methyl/N-ethyl adjacent to an activating group) is 1. The number of amides is 1. The normalized spacial score (nSPS) is 12.0. The maximum atomic E-state index is 13.4. The molecule has 1 aromatic carbocycles. The number of carbonyl (C=O) groups excluding carboxylic acids is 1. The standard InChI is InChI=1S/C21H32F2N2O4/c1-25(2)15-17(14-21(27)28)24-20(26)9-7-5-3-4-6-8-12-29-19-11-10-16(22)13-18(19)23/h10-11,13,17H,3-9,12,14-15H2,1-2H3,(H,24,26)(H,27,28). The van der Waals surface area contributed by atoms with Crippen LogP contribution in [-0.2, 0) is 9.59 Å². The summed E-state index contributed by atoms with van der Waals surface area (Å²) in [6.45, 7) is 0.865. The Labute approximate surface area is 171 Å². The molecule has 0 aromatic heterocycles. The molecule has 0 radical (unpaired) electrons. The summed E-state index contributed by atoms with van der Waals surface area (Å²) >= 11 is 0. The van der Waals surface area contributed by atoms with Crippen LogP contribution in [0.15, 0.2) is 18.2 Å². The highest BCUT2D eigenvalue weighted by Crippen LogP contribution is 2.18. The fourth-order valence-corrected chi connectivity index (χ4v) is 2.98. The predicted molar refractivity (Wildman–Crippen MR) is 107 cm³/mol. The molecule has 0 aliphatic carbocycles. The third-order valence-corrected chi connectivity index (χ3v) is 4.32. The van der Waals surface area contributed by atoms with E-state index in [1.54, 1.807) is 0 Å². The van der Waals surface area contributed by atoms with E-state index in [4.69, 9.17) is 9.84 Å². The lowest BCUT2D eigenvalue weighted by atomic mass is 10.1. The van der Waals surface area contributed by atoms with Crippen molar-refractivity contribution in [3.8, 4) is 5.75 Å². The van der Waals surface area contributed by atoms with Crippen LogP contribution < -0.4 is 10.1 Å². The monoisotopic (exact) mass is 414 g/mol. The minimum Gasteiger partial charge on any atom is -0.491 e. The predicted octanol–water partition coefficient (Wildman–Crippen LogP) is 3.60. The zero-order chi connectivity index (χ0) is 21.6. The van der Waals surface area contributed by atoms with Crippen molar-refractivity contribution in [2.24, 2.45) is 0 Å². The zero-order valence-corrected chi connectivity index (χ0v) is 17.3. The second-order valence-corrected chi connectivity index (χ2v) is 7.42. The maximum Gasteiger partial charge on any atom is 0.305 e. The number of hydrogen-bond donors (Lipinski definition) is 2. The van der Waals surface area contributed by atoms with Crippen LogP contribution in [-0.4, -0.2) is 55.2 Å². The van der Waals surface area contributed by atoms with Crippen molar-refractivity contribution in [3.05, 3.63) is 29.8 Å². The average Bonchev–Trinajstić information content (AvgIpc) is 2.60. The van der Waals surface area contributed by atoms with Crippen LogP contribution in [0.3, 0.4) is 0 Å². The number of nitrogens with zero attached hydrogens (tertiary/aromatic N) is 1. The Bertz CT molecular complexity index is 641. The van der Waals surface area contributed by atoms with Gasteiger partial charge in [0.05, 0.1) is 19.1 Å². The molecule has 0 heterocycles. The average molecular weight is 414 g/mol. The minimum atomic E-state index is -0.928. The Kier molecular flexibility index (Phi) is 11.9. The van der Waals surface area contributed by atoms with Crippen molar-refractivity contribution in [2.45, 2.75) is 57.4 Å². The number of carboxylic acid groups (broad SMARTS) is 1. The Balaban J connectivity index is 2.06. The summed E-state index contributed by atoms with van der Waals surface area (Å²) in [5.41, 5.74) is 0. The van der Waals surface area contributed by atoms with Gasteiger partial charge in [0.1, 0.15) is 5.82 Å². The number of halogens is 2. The molecule has 0 fully saturated rings. The van der Waals surface area contributed by atoms with Crippen LogP contribution in [0.2, 0.25) is 0 Å². The Hall–Kier alpha value is -2.22. The van der Waals surface area contributed by atoms with Crippen LogP contribution in [0.25, 0.3) is 0 Å². The summed E-state index contributed by atoms with van der Waals surface area (Å²) < 4.78 is 31.5. The van der Waals surface area contributed by atoms with Gasteiger partial charge in [-0.25, -0.2) is 8.78 Å². The fraction of sp³-hybridized carbons (Fsp3) is 0.619. The van der Waals surface area contributed by atoms with E-state index in [2.05, 4.69) is 5.32 Å². The Morgan fingerprint density at radius 1 is 1.10 bits per heavy atom. The van der Waals surface area contributed by atoms with E-state index >= 15 is 0 Å². The lowest BCUT2D eigenvalue weighted by Gasteiger charge is -2.20. The summed E-state index contributed by atoms with van der Waals surface area (Å²) in [5, 5.41) is 11.7. The van der Waals surface area contributed by atoms with Crippen molar-refractivity contribution >= 4 is 11.9 Å². The summed E-state index contributed by atoms with van der Waals surface area (Å²) in [7, 11) is 3.67. The molecule has 1 rings (SSSR count). The van der Waals surface area contributed by atoms with E-state index < -0.39 is 17.6 Å². The number of nitrogens with one attached hydrogen (secondary N) is 1. The van der Waals surface area contributed by atoms with E-state index in [1.807, 2.05) is 19.0 Å². The van der Waals surface area contributed by atoms with E-state index in [9.17, 15) is 18.4 Å². The van der Waals surface area contributed by atoms with Gasteiger partial charge < -0.3 is 20.1 Å². The van der Waals surface area contributed by atoms with Gasteiger partial charge in [-0.1, -0.05) is 25.7 Å². The number of carboxylic acids is 1. The van der Waals surface area contributed by atoms with Crippen LogP contribution in [0.1, 0.15) is 51.4 Å². The third-order valence-electron chi connectivity index (χ3n) is 4.32. The highest BCUT2D eigenvalue weighted by Gasteiger charge is 2.16. The summed E-state index contributed by atoms with van der Waals surface area (Å²) in [4.78, 5) is 24.7. The zero-order valence-electron chi connectivity index (χ0n) is 17.3. The van der Waals surface area contributed by atoms with Crippen LogP contribution in [0.5, 0.6) is 5.75 Å². The van der Waals surface area contributed by atoms with Crippen LogP contribution >= 0.6 is 0 Å². The molecule has 2 N–H and O–H groups in total. The molecule has 6 nitrogen and oxygen atoms in total. The van der Waals surface area contributed by atoms with Gasteiger partial charge in [0, 0.05) is 19.0 Å². The van der Waals surface area contributed by atoms with Crippen molar-refractivity contribution in [1.29, 1.82) is 0 Å². The first-order valence-electron chi connectivity index (χ1n) is 10.0. The molecule has 0 spiro atoms. The first-order chi connectivity index (χ1) is 13.8. The van der Waals surface area contributed by atoms with Gasteiger partial charge in [0.2, 0.25) is 5.91 Å². The first kappa shape index (κ1) is 24.8. The van der Waals surface area contributed by atoms with Gasteiger partial charge in [-0.2, -0.15) is 0 Å². The van der Waals surface area contributed by atoms with E-state index in [0.29, 0.717) is 19.6 Å². The Morgan fingerprint density at radius 3 is 2.38 bits per heavy atom. The Morgan fingerprint density at radius 2 is 1.76 bits per heavy atom. The number of aliphatic carboxylic acids is 1. The molecule has 0 saturated carbocycles. The molecule has 0 saturated heterocycles. The molecule has 29 heavy (non-hydrogen) atoms. The van der Waals surface area contributed by atoms with Gasteiger partial charge in [0.15, 0.2) is 11.6 Å². The molecular weight excluding hydrogens is 382 g/mol. The topological polar surface area (TPSA) is 78.9 Å². The highest BCUT2D eigenvalue weighted by molar-refractivity contribution is 5.77. The molecule has 1 atom stereocenters. The number of hydrogen-bond acceptors (Lipinski definition) is 4. The maximum absolute atomic E-state index is 13.4. The first-order valence-corrected chi connectivity index (χ1v) is 10.0. The smallest absolute Gasteiger partial charge is 0.305 e. The molecule has 1 unspecified atom stereocenters. The van der Waals surface area contributed by atoms with E-state index in [-0.39, 0.29) is 24.1 Å². The summed E-state index contributed by atoms with van der Waals surface area (Å²) in [6, 6.07) is 2.87. The molecule has 0 aliphatic rings. The van der Waals surface area contributed by atoms with Gasteiger partial charge in [-0.05, 0) is 39.1 Å². The van der Waals surface area contributed by atoms with Crippen molar-refractivity contribution < 1.29 is 28.2 Å². The van der Waals surface area contributed by atoms with Gasteiger partial charge in [-0.15, -0.1) is 0 Å². The lowest BCUT2D eigenvalue weighted by molar-refractivity contribution is -0.137. The number of ether oxygens (including phenoxy) is 1. The van der Waals surface area contributed by atoms with Crippen molar-refractivity contribution in [2.75, 3.05) is 27.2 Å². The number of benzene rings is 1. The second-order valence-electron chi connectivity index (χ2n) is 7.42. The minimum absolute atomic E-state index is 0.0629. The molecule has 0 bridgehead atoms. The molecule has 1 amide bonds. The largest absolute Gasteiger partial charge is 0.491 e. The molecule has 1 aromatic rings. The molecular formula is C21H32F2N2O4. The summed E-state index contributed by atoms with van der Waals surface area (Å²) in [6.07, 6.45) is 5.64. The second kappa shape index (κ2) is 13.9. The quantitative estimate of drug-likeness (QED) is 0.429. The van der Waals surface area contributed by atoms with Gasteiger partial charge in [0.25, 0.3) is 0 Å². The molecule has 8 heteroatoms. The highest BCUT2D eigenvalue weighted by atomic mass is 19.1. The van der Waals surface area contributed by atoms with E-state index in [1.165, 1.54) is 12.1 Å². The fourth-order valence-electron chi connectivity index (χ4n) is 2.98. The number of unbranched alkanes of at least 4 members (excludes halogenated alkanes) is 5. The number of carbonyl (C=O) groups is 2. The summed E-state index contributed by atoms with van der Waals surface area (Å²) in [5.74, 6) is -2.30. The molecule has 164 valence electrons. The van der Waals surface area contributed by atoms with Gasteiger partial charge >= 0.3 is 5.97 Å². The van der Waals surface area contributed by atoms with E-state index in [0.717, 1.165) is 44.6 Å². The van der Waals surface area contributed by atoms with Crippen molar-refractivity contribution in [3.63, 3.8) is 0 Å². The van der Waals surface area contributed by atoms with Gasteiger partial charge in [-0.3, -0.25) is 9.59 Å². The number of rotatable bonds is 15.